The molecule has 0 N–H and O–H groups in total. The Balaban J connectivity index is 2.42. The molecule has 0 amide bonds. The van der Waals surface area contributed by atoms with Crippen molar-refractivity contribution in [2.24, 2.45) is 5.92 Å². The molecule has 2 heteroatoms. The van der Waals surface area contributed by atoms with Gasteiger partial charge in [0.25, 0.3) is 0 Å². The van der Waals surface area contributed by atoms with E-state index in [0.717, 1.165) is 5.92 Å². The van der Waals surface area contributed by atoms with Crippen LogP contribution in [0.4, 0.5) is 0 Å². The van der Waals surface area contributed by atoms with Crippen molar-refractivity contribution in [3.63, 3.8) is 0 Å². The van der Waals surface area contributed by atoms with Crippen molar-refractivity contribution in [2.45, 2.75) is 38.4 Å². The Morgan fingerprint density at radius 2 is 2.31 bits per heavy atom. The van der Waals surface area contributed by atoms with Gasteiger partial charge in [0.2, 0.25) is 0 Å². The van der Waals surface area contributed by atoms with E-state index in [1.165, 1.54) is 18.6 Å². The average molecular weight is 216 g/mol. The van der Waals surface area contributed by atoms with E-state index in [9.17, 15) is 0 Å². The summed E-state index contributed by atoms with van der Waals surface area (Å²) in [4.78, 5) is 1.60. The number of thioether (sulfide) groups is 2. The molecule has 0 aromatic heterocycles. The molecule has 1 atom stereocenters. The maximum atomic E-state index is 2.44. The lowest BCUT2D eigenvalue weighted by atomic mass is 10.0. The maximum absolute atomic E-state index is 2.44. The lowest BCUT2D eigenvalue weighted by Crippen LogP contribution is -2.17. The van der Waals surface area contributed by atoms with Gasteiger partial charge in [0, 0.05) is 4.75 Å². The molecule has 0 aliphatic carbocycles. The summed E-state index contributed by atoms with van der Waals surface area (Å²) in [5, 5.41) is 0. The normalized spacial score (nSPS) is 28.2. The third kappa shape index (κ3) is 3.25. The summed E-state index contributed by atoms with van der Waals surface area (Å²) in [6, 6.07) is 0. The second-order valence-corrected chi connectivity index (χ2v) is 6.91. The van der Waals surface area contributed by atoms with E-state index in [4.69, 9.17) is 0 Å². The van der Waals surface area contributed by atoms with Crippen LogP contribution in [0.25, 0.3) is 0 Å². The molecule has 0 saturated carbocycles. The van der Waals surface area contributed by atoms with Crippen molar-refractivity contribution in [1.82, 2.24) is 0 Å². The molecule has 0 aromatic rings. The standard InChI is InChI=1S/C11H20S2/c1-9(2)10-5-6-11(3,13-10)7-8-12-4/h5,9H,6-8H2,1-4H3. The predicted octanol–water partition coefficient (Wildman–Crippen LogP) is 4.18. The topological polar surface area (TPSA) is 0 Å². The van der Waals surface area contributed by atoms with Crippen molar-refractivity contribution in [1.29, 1.82) is 0 Å². The van der Waals surface area contributed by atoms with Crippen molar-refractivity contribution >= 4 is 23.5 Å². The quantitative estimate of drug-likeness (QED) is 0.691. The van der Waals surface area contributed by atoms with Crippen LogP contribution in [0.3, 0.4) is 0 Å². The molecule has 1 aliphatic rings. The van der Waals surface area contributed by atoms with Crippen molar-refractivity contribution < 1.29 is 0 Å². The smallest absolute Gasteiger partial charge is 0.0218 e. The zero-order valence-electron chi connectivity index (χ0n) is 9.09. The van der Waals surface area contributed by atoms with Gasteiger partial charge in [-0.1, -0.05) is 19.9 Å². The monoisotopic (exact) mass is 216 g/mol. The molecule has 0 spiro atoms. The van der Waals surface area contributed by atoms with Crippen LogP contribution in [0.15, 0.2) is 11.0 Å². The van der Waals surface area contributed by atoms with Crippen LogP contribution in [-0.2, 0) is 0 Å². The molecular weight excluding hydrogens is 196 g/mol. The van der Waals surface area contributed by atoms with Gasteiger partial charge in [-0.05, 0) is 42.6 Å². The lowest BCUT2D eigenvalue weighted by Gasteiger charge is -2.23. The third-order valence-corrected chi connectivity index (χ3v) is 4.85. The Morgan fingerprint density at radius 3 is 2.77 bits per heavy atom. The van der Waals surface area contributed by atoms with E-state index >= 15 is 0 Å². The maximum Gasteiger partial charge on any atom is 0.0218 e. The van der Waals surface area contributed by atoms with E-state index in [2.05, 4.69) is 44.9 Å². The number of hydrogen-bond acceptors (Lipinski definition) is 2. The fraction of sp³-hybridized carbons (Fsp3) is 0.818. The van der Waals surface area contributed by atoms with Gasteiger partial charge in [-0.15, -0.1) is 11.8 Å². The Hall–Kier alpha value is 0.440. The van der Waals surface area contributed by atoms with E-state index in [1.807, 2.05) is 11.8 Å². The van der Waals surface area contributed by atoms with Crippen molar-refractivity contribution in [3.8, 4) is 0 Å². The molecule has 0 bridgehead atoms. The summed E-state index contributed by atoms with van der Waals surface area (Å²) in [7, 11) is 0. The highest BCUT2D eigenvalue weighted by Crippen LogP contribution is 2.47. The SMILES string of the molecule is CSCCC1(C)CC=C(C(C)C)S1. The fourth-order valence-corrected chi connectivity index (χ4v) is 3.63. The van der Waals surface area contributed by atoms with Gasteiger partial charge in [-0.2, -0.15) is 11.8 Å². The van der Waals surface area contributed by atoms with Gasteiger partial charge in [-0.25, -0.2) is 0 Å². The number of allylic oxidation sites excluding steroid dienone is 2. The predicted molar refractivity (Wildman–Crippen MR) is 66.5 cm³/mol. The lowest BCUT2D eigenvalue weighted by molar-refractivity contribution is 0.645. The van der Waals surface area contributed by atoms with Crippen molar-refractivity contribution in [3.05, 3.63) is 11.0 Å². The molecule has 0 saturated heterocycles. The Labute approximate surface area is 90.9 Å². The Morgan fingerprint density at radius 1 is 1.62 bits per heavy atom. The third-order valence-electron chi connectivity index (χ3n) is 2.50. The molecule has 76 valence electrons. The van der Waals surface area contributed by atoms with E-state index < -0.39 is 0 Å². The molecule has 0 fully saturated rings. The highest BCUT2D eigenvalue weighted by Gasteiger charge is 2.30. The highest BCUT2D eigenvalue weighted by atomic mass is 32.2. The van der Waals surface area contributed by atoms with Gasteiger partial charge in [0.15, 0.2) is 0 Å². The van der Waals surface area contributed by atoms with Crippen LogP contribution < -0.4 is 0 Å². The first-order chi connectivity index (χ1) is 6.07. The molecule has 0 aromatic carbocycles. The molecule has 1 aliphatic heterocycles. The summed E-state index contributed by atoms with van der Waals surface area (Å²) in [6.45, 7) is 6.98. The first-order valence-corrected chi connectivity index (χ1v) is 7.16. The minimum Gasteiger partial charge on any atom is -0.165 e. The summed E-state index contributed by atoms with van der Waals surface area (Å²) in [5.74, 6) is 2.02. The minimum atomic E-state index is 0.503. The summed E-state index contributed by atoms with van der Waals surface area (Å²) in [6.07, 6.45) is 7.24. The molecule has 1 unspecified atom stereocenters. The van der Waals surface area contributed by atoms with Crippen molar-refractivity contribution in [2.75, 3.05) is 12.0 Å². The first kappa shape index (κ1) is 11.5. The Bertz CT molecular complexity index is 196. The zero-order valence-corrected chi connectivity index (χ0v) is 10.7. The van der Waals surface area contributed by atoms with Gasteiger partial charge in [0.1, 0.15) is 0 Å². The van der Waals surface area contributed by atoms with E-state index in [-0.39, 0.29) is 0 Å². The largest absolute Gasteiger partial charge is 0.165 e. The molecule has 1 rings (SSSR count). The summed E-state index contributed by atoms with van der Waals surface area (Å²) in [5.41, 5.74) is 0. The average Bonchev–Trinajstić information content (AvgIpc) is 2.46. The van der Waals surface area contributed by atoms with Gasteiger partial charge in [0.05, 0.1) is 0 Å². The molecular formula is C11H20S2. The van der Waals surface area contributed by atoms with Gasteiger partial charge >= 0.3 is 0 Å². The summed E-state index contributed by atoms with van der Waals surface area (Å²) < 4.78 is 0.503. The fourth-order valence-electron chi connectivity index (χ4n) is 1.51. The van der Waals surface area contributed by atoms with Crippen LogP contribution >= 0.6 is 23.5 Å². The molecule has 13 heavy (non-hydrogen) atoms. The zero-order chi connectivity index (χ0) is 9.90. The van der Waals surface area contributed by atoms with Gasteiger partial charge < -0.3 is 0 Å². The minimum absolute atomic E-state index is 0.503. The molecule has 0 nitrogen and oxygen atoms in total. The Kier molecular flexibility index (Phi) is 4.24. The van der Waals surface area contributed by atoms with Crippen LogP contribution in [0, 0.1) is 5.92 Å². The van der Waals surface area contributed by atoms with Gasteiger partial charge in [-0.3, -0.25) is 0 Å². The number of hydrogen-bond donors (Lipinski definition) is 0. The second-order valence-electron chi connectivity index (χ2n) is 4.26. The number of rotatable bonds is 4. The van der Waals surface area contributed by atoms with E-state index in [1.54, 1.807) is 4.91 Å². The van der Waals surface area contributed by atoms with E-state index in [0.29, 0.717) is 4.75 Å². The van der Waals surface area contributed by atoms with Crippen LogP contribution in [-0.4, -0.2) is 16.8 Å². The van der Waals surface area contributed by atoms with Crippen LogP contribution in [0.1, 0.15) is 33.6 Å². The highest BCUT2D eigenvalue weighted by molar-refractivity contribution is 8.04. The summed E-state index contributed by atoms with van der Waals surface area (Å²) >= 11 is 4.07. The van der Waals surface area contributed by atoms with Crippen LogP contribution in [0.2, 0.25) is 0 Å². The molecule has 0 radical (unpaired) electrons. The second kappa shape index (κ2) is 4.79. The first-order valence-electron chi connectivity index (χ1n) is 4.95. The van der Waals surface area contributed by atoms with Crippen LogP contribution in [0.5, 0.6) is 0 Å². The molecule has 1 heterocycles.